The summed E-state index contributed by atoms with van der Waals surface area (Å²) < 4.78 is 28.8. The summed E-state index contributed by atoms with van der Waals surface area (Å²) in [7, 11) is -3.93. The number of rotatable bonds is 6. The average molecular weight is 479 g/mol. The van der Waals surface area contributed by atoms with Gasteiger partial charge >= 0.3 is 0 Å². The van der Waals surface area contributed by atoms with Crippen molar-refractivity contribution in [1.29, 1.82) is 0 Å². The molecule has 0 bridgehead atoms. The summed E-state index contributed by atoms with van der Waals surface area (Å²) in [6, 6.07) is 19.8. The Balaban J connectivity index is 1.89. The minimum Gasteiger partial charge on any atom is -0.507 e. The summed E-state index contributed by atoms with van der Waals surface area (Å²) >= 11 is 0. The van der Waals surface area contributed by atoms with Gasteiger partial charge in [-0.25, -0.2) is 13.6 Å². The first kappa shape index (κ1) is 23.2. The van der Waals surface area contributed by atoms with Crippen LogP contribution in [0.15, 0.2) is 89.3 Å². The minimum absolute atomic E-state index is 0.0830. The molecule has 1 saturated heterocycles. The van der Waals surface area contributed by atoms with Gasteiger partial charge in [0.15, 0.2) is 0 Å². The first-order valence-electron chi connectivity index (χ1n) is 10.4. The highest BCUT2D eigenvalue weighted by molar-refractivity contribution is 7.89. The highest BCUT2D eigenvalue weighted by atomic mass is 32.2. The summed E-state index contributed by atoms with van der Waals surface area (Å²) in [4.78, 5) is 27.4. The first-order valence-corrected chi connectivity index (χ1v) is 12.0. The van der Waals surface area contributed by atoms with Gasteiger partial charge in [-0.15, -0.1) is 0 Å². The Morgan fingerprint density at radius 3 is 2.29 bits per heavy atom. The van der Waals surface area contributed by atoms with Gasteiger partial charge in [0.25, 0.3) is 11.7 Å². The summed E-state index contributed by atoms with van der Waals surface area (Å²) in [5.41, 5.74) is 1.13. The number of carbonyl (C=O) groups excluding carboxylic acids is 2. The van der Waals surface area contributed by atoms with Gasteiger partial charge in [0.1, 0.15) is 11.5 Å². The van der Waals surface area contributed by atoms with Gasteiger partial charge in [-0.3, -0.25) is 14.5 Å². The van der Waals surface area contributed by atoms with Crippen LogP contribution in [0.1, 0.15) is 24.1 Å². The third-order valence-electron chi connectivity index (χ3n) is 5.42. The lowest BCUT2D eigenvalue weighted by molar-refractivity contribution is -0.132. The molecule has 3 aromatic rings. The number of hydrogen-bond donors (Lipinski definition) is 2. The molecule has 8 nitrogen and oxygen atoms in total. The molecule has 1 amide bonds. The highest BCUT2D eigenvalue weighted by Crippen LogP contribution is 2.42. The number of ketones is 1. The largest absolute Gasteiger partial charge is 0.507 e. The summed E-state index contributed by atoms with van der Waals surface area (Å²) in [5.74, 6) is -1.53. The van der Waals surface area contributed by atoms with Crippen LogP contribution in [-0.4, -0.2) is 31.8 Å². The Hall–Kier alpha value is -3.95. The van der Waals surface area contributed by atoms with Crippen LogP contribution in [0.3, 0.4) is 0 Å². The number of nitrogens with zero attached hydrogens (tertiary/aromatic N) is 1. The smallest absolute Gasteiger partial charge is 0.300 e. The molecule has 3 N–H and O–H groups in total. The quantitative estimate of drug-likeness (QED) is 0.318. The molecule has 0 saturated carbocycles. The highest BCUT2D eigenvalue weighted by Gasteiger charge is 2.47. The molecular formula is C25H22N2O6S. The number of nitrogens with two attached hydrogens (primary N) is 1. The van der Waals surface area contributed by atoms with Crippen LogP contribution >= 0.6 is 0 Å². The Morgan fingerprint density at radius 1 is 1.00 bits per heavy atom. The molecule has 9 heteroatoms. The normalized spacial score (nSPS) is 17.7. The van der Waals surface area contributed by atoms with Crippen molar-refractivity contribution >= 4 is 33.2 Å². The molecule has 174 valence electrons. The van der Waals surface area contributed by atoms with E-state index in [1.807, 2.05) is 6.92 Å². The molecule has 34 heavy (non-hydrogen) atoms. The van der Waals surface area contributed by atoms with Crippen molar-refractivity contribution in [3.05, 3.63) is 95.6 Å². The van der Waals surface area contributed by atoms with Gasteiger partial charge in [0.05, 0.1) is 23.1 Å². The predicted molar refractivity (Wildman–Crippen MR) is 127 cm³/mol. The molecule has 4 rings (SSSR count). The first-order chi connectivity index (χ1) is 16.2. The number of carbonyl (C=O) groups is 2. The second kappa shape index (κ2) is 9.12. The maximum atomic E-state index is 13.2. The van der Waals surface area contributed by atoms with Crippen LogP contribution < -0.4 is 14.8 Å². The SMILES string of the molecule is CCOc1cccc(/C(O)=C2\C(=O)C(=O)N(c3ccc(S(N)(=O)=O)cc3)C2c2ccccc2)c1. The van der Waals surface area contributed by atoms with Gasteiger partial charge in [0, 0.05) is 11.3 Å². The maximum Gasteiger partial charge on any atom is 0.300 e. The predicted octanol–water partition coefficient (Wildman–Crippen LogP) is 3.36. The van der Waals surface area contributed by atoms with Crippen LogP contribution in [0.2, 0.25) is 0 Å². The van der Waals surface area contributed by atoms with Crippen molar-refractivity contribution in [1.82, 2.24) is 0 Å². The van der Waals surface area contributed by atoms with E-state index in [1.165, 1.54) is 29.2 Å². The monoisotopic (exact) mass is 478 g/mol. The number of aliphatic hydroxyl groups excluding tert-OH is 1. The van der Waals surface area contributed by atoms with Crippen LogP contribution in [-0.2, 0) is 19.6 Å². The van der Waals surface area contributed by atoms with Crippen LogP contribution in [0.4, 0.5) is 5.69 Å². The number of Topliss-reactive ketones (excluding diaryl/α,β-unsaturated/α-hetero) is 1. The number of hydrogen-bond acceptors (Lipinski definition) is 6. The molecule has 3 aromatic carbocycles. The zero-order valence-corrected chi connectivity index (χ0v) is 19.0. The summed E-state index contributed by atoms with van der Waals surface area (Å²) in [5, 5.41) is 16.4. The zero-order valence-electron chi connectivity index (χ0n) is 18.2. The molecule has 1 atom stereocenters. The van der Waals surface area contributed by atoms with Crippen molar-refractivity contribution in [3.63, 3.8) is 0 Å². The van der Waals surface area contributed by atoms with Gasteiger partial charge in [0.2, 0.25) is 10.0 Å². The van der Waals surface area contributed by atoms with Crippen molar-refractivity contribution < 1.29 is 27.9 Å². The molecule has 0 spiro atoms. The Kier molecular flexibility index (Phi) is 6.23. The Morgan fingerprint density at radius 2 is 1.68 bits per heavy atom. The van der Waals surface area contributed by atoms with Crippen LogP contribution in [0, 0.1) is 0 Å². The fourth-order valence-electron chi connectivity index (χ4n) is 3.90. The van der Waals surface area contributed by atoms with Crippen molar-refractivity contribution in [3.8, 4) is 5.75 Å². The van der Waals surface area contributed by atoms with Crippen molar-refractivity contribution in [2.24, 2.45) is 5.14 Å². The molecular weight excluding hydrogens is 456 g/mol. The maximum absolute atomic E-state index is 13.2. The van der Waals surface area contributed by atoms with E-state index in [1.54, 1.807) is 54.6 Å². The van der Waals surface area contributed by atoms with Crippen LogP contribution in [0.25, 0.3) is 5.76 Å². The second-order valence-corrected chi connectivity index (χ2v) is 9.14. The lowest BCUT2D eigenvalue weighted by Gasteiger charge is -2.25. The fourth-order valence-corrected chi connectivity index (χ4v) is 4.42. The average Bonchev–Trinajstić information content (AvgIpc) is 3.09. The van der Waals surface area contributed by atoms with E-state index in [4.69, 9.17) is 9.88 Å². The van der Waals surface area contributed by atoms with Gasteiger partial charge in [-0.05, 0) is 48.9 Å². The van der Waals surface area contributed by atoms with E-state index in [2.05, 4.69) is 0 Å². The molecule has 1 aliphatic rings. The van der Waals surface area contributed by atoms with E-state index in [-0.39, 0.29) is 21.9 Å². The molecule has 0 aromatic heterocycles. The van der Waals surface area contributed by atoms with E-state index < -0.39 is 27.8 Å². The van der Waals surface area contributed by atoms with Crippen molar-refractivity contribution in [2.75, 3.05) is 11.5 Å². The lowest BCUT2D eigenvalue weighted by atomic mass is 9.95. The number of amides is 1. The minimum atomic E-state index is -3.93. The second-order valence-electron chi connectivity index (χ2n) is 7.58. The Labute approximate surface area is 196 Å². The molecule has 0 aliphatic carbocycles. The molecule has 1 heterocycles. The van der Waals surface area contributed by atoms with Gasteiger partial charge in [-0.2, -0.15) is 0 Å². The molecule has 0 radical (unpaired) electrons. The van der Waals surface area contributed by atoms with E-state index in [0.717, 1.165) is 0 Å². The third-order valence-corrected chi connectivity index (χ3v) is 6.35. The van der Waals surface area contributed by atoms with E-state index >= 15 is 0 Å². The Bertz CT molecular complexity index is 1380. The number of anilines is 1. The molecule has 1 fully saturated rings. The topological polar surface area (TPSA) is 127 Å². The van der Waals surface area contributed by atoms with Gasteiger partial charge in [-0.1, -0.05) is 42.5 Å². The zero-order chi connectivity index (χ0) is 24.5. The molecule has 1 aliphatic heterocycles. The molecule has 1 unspecified atom stereocenters. The van der Waals surface area contributed by atoms with E-state index in [9.17, 15) is 23.1 Å². The standard InChI is InChI=1S/C25H22N2O6S/c1-2-33-19-10-6-9-17(15-19)23(28)21-22(16-7-4-3-5-8-16)27(25(30)24(21)29)18-11-13-20(14-12-18)34(26,31)32/h3-15,22,28H,2H2,1H3,(H2,26,31,32)/b23-21+. The van der Waals surface area contributed by atoms with Gasteiger partial charge < -0.3 is 9.84 Å². The number of benzene rings is 3. The van der Waals surface area contributed by atoms with E-state index in [0.29, 0.717) is 23.5 Å². The summed E-state index contributed by atoms with van der Waals surface area (Å²) in [6.07, 6.45) is 0. The summed E-state index contributed by atoms with van der Waals surface area (Å²) in [6.45, 7) is 2.25. The van der Waals surface area contributed by atoms with Crippen molar-refractivity contribution in [2.45, 2.75) is 17.9 Å². The number of sulfonamides is 1. The number of primary sulfonamides is 1. The third kappa shape index (κ3) is 4.30. The lowest BCUT2D eigenvalue weighted by Crippen LogP contribution is -2.29. The number of ether oxygens (including phenoxy) is 1. The fraction of sp³-hybridized carbons (Fsp3) is 0.120. The van der Waals surface area contributed by atoms with Crippen LogP contribution in [0.5, 0.6) is 5.75 Å². The number of aliphatic hydroxyl groups is 1.